The molecular weight excluding hydrogens is 298 g/mol. The lowest BCUT2D eigenvalue weighted by Gasteiger charge is -2.25. The highest BCUT2D eigenvalue weighted by atomic mass is 32.2. The van der Waals surface area contributed by atoms with Crippen LogP contribution in [0.1, 0.15) is 23.3 Å². The predicted octanol–water partition coefficient (Wildman–Crippen LogP) is -0.0458. The number of carboxylic acid groups (broad SMARTS) is 1. The predicted molar refractivity (Wildman–Crippen MR) is 73.4 cm³/mol. The van der Waals surface area contributed by atoms with Crippen molar-refractivity contribution in [1.29, 1.82) is 0 Å². The van der Waals surface area contributed by atoms with E-state index in [4.69, 9.17) is 5.11 Å². The van der Waals surface area contributed by atoms with Crippen LogP contribution in [-0.2, 0) is 14.8 Å². The van der Waals surface area contributed by atoms with E-state index in [0.29, 0.717) is 12.8 Å². The number of sulfonamides is 1. The largest absolute Gasteiger partial charge is 0.477 e. The number of carbonyl (C=O) groups is 2. The highest BCUT2D eigenvalue weighted by molar-refractivity contribution is 7.89. The van der Waals surface area contributed by atoms with E-state index in [0.717, 1.165) is 16.6 Å². The second-order valence-electron chi connectivity index (χ2n) is 5.06. The van der Waals surface area contributed by atoms with Gasteiger partial charge in [-0.2, -0.15) is 4.31 Å². The Morgan fingerprint density at radius 2 is 2.10 bits per heavy atom. The number of nitrogens with zero attached hydrogens (tertiary/aromatic N) is 2. The van der Waals surface area contributed by atoms with Gasteiger partial charge in [0.1, 0.15) is 16.6 Å². The van der Waals surface area contributed by atoms with Gasteiger partial charge in [-0.25, -0.2) is 13.2 Å². The summed E-state index contributed by atoms with van der Waals surface area (Å²) < 4.78 is 26.2. The maximum absolute atomic E-state index is 12.6. The molecule has 116 valence electrons. The van der Waals surface area contributed by atoms with E-state index in [-0.39, 0.29) is 23.0 Å². The molecule has 0 aliphatic carbocycles. The zero-order valence-corrected chi connectivity index (χ0v) is 12.6. The molecule has 1 aromatic heterocycles. The number of aromatic amines is 1. The van der Waals surface area contributed by atoms with E-state index >= 15 is 0 Å². The molecular formula is C12H17N3O5S. The normalized spacial score (nSPS) is 19.6. The minimum Gasteiger partial charge on any atom is -0.477 e. The molecule has 1 saturated heterocycles. The molecule has 2 rings (SSSR count). The number of rotatable bonds is 4. The van der Waals surface area contributed by atoms with E-state index in [1.807, 2.05) is 0 Å². The first-order chi connectivity index (χ1) is 9.75. The Hall–Kier alpha value is -1.87. The molecule has 1 aromatic rings. The fourth-order valence-electron chi connectivity index (χ4n) is 2.35. The van der Waals surface area contributed by atoms with Gasteiger partial charge in [0, 0.05) is 26.8 Å². The monoisotopic (exact) mass is 315 g/mol. The van der Waals surface area contributed by atoms with Gasteiger partial charge in [0.15, 0.2) is 0 Å². The number of hydrogen-bond acceptors (Lipinski definition) is 4. The summed E-state index contributed by atoms with van der Waals surface area (Å²) in [5, 5.41) is 8.84. The summed E-state index contributed by atoms with van der Waals surface area (Å²) in [5.41, 5.74) is -0.205. The van der Waals surface area contributed by atoms with Crippen molar-refractivity contribution in [2.75, 3.05) is 20.6 Å². The number of aromatic nitrogens is 1. The molecule has 0 spiro atoms. The van der Waals surface area contributed by atoms with Gasteiger partial charge in [-0.05, 0) is 18.9 Å². The third-order valence-corrected chi connectivity index (χ3v) is 5.31. The van der Waals surface area contributed by atoms with Crippen LogP contribution in [0.25, 0.3) is 0 Å². The summed E-state index contributed by atoms with van der Waals surface area (Å²) in [6, 6.07) is 0.334. The number of nitrogens with one attached hydrogen (secondary N) is 1. The van der Waals surface area contributed by atoms with Gasteiger partial charge in [-0.3, -0.25) is 4.79 Å². The SMILES string of the molecule is CN(C)C(=O)C1CCCN1S(=O)(=O)c1c[nH]c(C(=O)O)c1. The molecule has 1 amide bonds. The molecule has 8 nitrogen and oxygen atoms in total. The lowest BCUT2D eigenvalue weighted by atomic mass is 10.2. The first-order valence-electron chi connectivity index (χ1n) is 6.40. The molecule has 0 aromatic carbocycles. The van der Waals surface area contributed by atoms with Crippen LogP contribution in [0.4, 0.5) is 0 Å². The summed E-state index contributed by atoms with van der Waals surface area (Å²) >= 11 is 0. The average molecular weight is 315 g/mol. The molecule has 1 unspecified atom stereocenters. The van der Waals surface area contributed by atoms with Crippen LogP contribution in [-0.4, -0.2) is 66.3 Å². The molecule has 1 atom stereocenters. The molecule has 1 fully saturated rings. The van der Waals surface area contributed by atoms with Crippen LogP contribution in [0, 0.1) is 0 Å². The Labute approximate surface area is 122 Å². The van der Waals surface area contributed by atoms with Gasteiger partial charge in [-0.1, -0.05) is 0 Å². The fourth-order valence-corrected chi connectivity index (χ4v) is 4.00. The van der Waals surface area contributed by atoms with E-state index < -0.39 is 22.0 Å². The van der Waals surface area contributed by atoms with Crippen LogP contribution >= 0.6 is 0 Å². The van der Waals surface area contributed by atoms with Crippen molar-refractivity contribution in [3.8, 4) is 0 Å². The van der Waals surface area contributed by atoms with Crippen LogP contribution in [0.5, 0.6) is 0 Å². The smallest absolute Gasteiger partial charge is 0.352 e. The van der Waals surface area contributed by atoms with Gasteiger partial charge in [-0.15, -0.1) is 0 Å². The molecule has 0 saturated carbocycles. The van der Waals surface area contributed by atoms with E-state index in [1.165, 1.54) is 4.90 Å². The van der Waals surface area contributed by atoms with Crippen molar-refractivity contribution in [3.05, 3.63) is 18.0 Å². The van der Waals surface area contributed by atoms with E-state index in [9.17, 15) is 18.0 Å². The quantitative estimate of drug-likeness (QED) is 0.809. The van der Waals surface area contributed by atoms with E-state index in [1.54, 1.807) is 14.1 Å². The van der Waals surface area contributed by atoms with Crippen LogP contribution in [0.2, 0.25) is 0 Å². The number of H-pyrrole nitrogens is 1. The van der Waals surface area contributed by atoms with Crippen molar-refractivity contribution in [1.82, 2.24) is 14.2 Å². The van der Waals surface area contributed by atoms with Crippen molar-refractivity contribution < 1.29 is 23.1 Å². The Kier molecular flexibility index (Phi) is 4.06. The Morgan fingerprint density at radius 3 is 2.62 bits per heavy atom. The molecule has 1 aliphatic heterocycles. The van der Waals surface area contributed by atoms with Crippen molar-refractivity contribution in [3.63, 3.8) is 0 Å². The molecule has 2 heterocycles. The third-order valence-electron chi connectivity index (χ3n) is 3.42. The van der Waals surface area contributed by atoms with Crippen molar-refractivity contribution >= 4 is 21.9 Å². The summed E-state index contributed by atoms with van der Waals surface area (Å²) in [6.45, 7) is 0.250. The Morgan fingerprint density at radius 1 is 1.43 bits per heavy atom. The van der Waals surface area contributed by atoms with Crippen molar-refractivity contribution in [2.45, 2.75) is 23.8 Å². The van der Waals surface area contributed by atoms with Crippen LogP contribution in [0.3, 0.4) is 0 Å². The van der Waals surface area contributed by atoms with Crippen LogP contribution < -0.4 is 0 Å². The van der Waals surface area contributed by atoms with Gasteiger partial charge >= 0.3 is 5.97 Å². The minimum atomic E-state index is -3.89. The van der Waals surface area contributed by atoms with Gasteiger partial charge in [0.05, 0.1) is 0 Å². The fraction of sp³-hybridized carbons (Fsp3) is 0.500. The third kappa shape index (κ3) is 2.79. The first kappa shape index (κ1) is 15.5. The number of carboxylic acids is 1. The van der Waals surface area contributed by atoms with Crippen molar-refractivity contribution in [2.24, 2.45) is 0 Å². The van der Waals surface area contributed by atoms with Crippen LogP contribution in [0.15, 0.2) is 17.2 Å². The molecule has 1 aliphatic rings. The number of aromatic carboxylic acids is 1. The maximum atomic E-state index is 12.6. The Balaban J connectivity index is 2.33. The zero-order chi connectivity index (χ0) is 15.8. The lowest BCUT2D eigenvalue weighted by Crippen LogP contribution is -2.45. The minimum absolute atomic E-state index is 0.140. The molecule has 21 heavy (non-hydrogen) atoms. The Bertz CT molecular complexity index is 664. The van der Waals surface area contributed by atoms with Gasteiger partial charge in [0.2, 0.25) is 15.9 Å². The number of likely N-dealkylation sites (N-methyl/N-ethyl adjacent to an activating group) is 1. The summed E-state index contributed by atoms with van der Waals surface area (Å²) in [4.78, 5) is 26.5. The van der Waals surface area contributed by atoms with E-state index in [2.05, 4.69) is 4.98 Å². The average Bonchev–Trinajstić information content (AvgIpc) is 3.07. The lowest BCUT2D eigenvalue weighted by molar-refractivity contribution is -0.132. The first-order valence-corrected chi connectivity index (χ1v) is 7.84. The molecule has 0 radical (unpaired) electrons. The molecule has 2 N–H and O–H groups in total. The summed E-state index contributed by atoms with van der Waals surface area (Å²) in [6.07, 6.45) is 2.19. The maximum Gasteiger partial charge on any atom is 0.352 e. The highest BCUT2D eigenvalue weighted by Crippen LogP contribution is 2.27. The highest BCUT2D eigenvalue weighted by Gasteiger charge is 2.40. The second-order valence-corrected chi connectivity index (χ2v) is 6.95. The number of hydrogen-bond donors (Lipinski definition) is 2. The second kappa shape index (κ2) is 5.49. The molecule has 0 bridgehead atoms. The zero-order valence-electron chi connectivity index (χ0n) is 11.7. The summed E-state index contributed by atoms with van der Waals surface area (Å²) in [7, 11) is -0.740. The van der Waals surface area contributed by atoms with Gasteiger partial charge < -0.3 is 15.0 Å². The number of carbonyl (C=O) groups excluding carboxylic acids is 1. The standard InChI is InChI=1S/C12H17N3O5S/c1-14(2)11(16)10-4-3-5-15(10)21(19,20)8-6-9(12(17)18)13-7-8/h6-7,10,13H,3-5H2,1-2H3,(H,17,18). The topological polar surface area (TPSA) is 111 Å². The number of amides is 1. The molecule has 9 heteroatoms. The van der Waals surface area contributed by atoms with Gasteiger partial charge in [0.25, 0.3) is 0 Å². The summed E-state index contributed by atoms with van der Waals surface area (Å²) in [5.74, 6) is -1.51.